The van der Waals surface area contributed by atoms with E-state index < -0.39 is 35.7 Å². The van der Waals surface area contributed by atoms with Crippen LogP contribution in [-0.2, 0) is 20.7 Å². The number of nitrogens with one attached hydrogen (secondary N) is 3. The Kier molecular flexibility index (Phi) is 7.67. The highest BCUT2D eigenvalue weighted by atomic mass is 16.6. The number of para-hydroxylation sites is 1. The zero-order chi connectivity index (χ0) is 26.4. The molecule has 8 nitrogen and oxygen atoms in total. The Hall–Kier alpha value is -4.46. The number of amides is 3. The Labute approximate surface area is 216 Å². The summed E-state index contributed by atoms with van der Waals surface area (Å²) in [5.41, 5.74) is 2.81. The fourth-order valence-electron chi connectivity index (χ4n) is 3.93. The Morgan fingerprint density at radius 2 is 1.57 bits per heavy atom. The maximum absolute atomic E-state index is 13.5. The summed E-state index contributed by atoms with van der Waals surface area (Å²) in [6.07, 6.45) is -1.74. The number of rotatable bonds is 6. The van der Waals surface area contributed by atoms with Gasteiger partial charge in [-0.1, -0.05) is 78.9 Å². The second kappa shape index (κ2) is 11.1. The minimum atomic E-state index is -1.21. The van der Waals surface area contributed by atoms with Crippen molar-refractivity contribution in [1.82, 2.24) is 10.6 Å². The molecule has 0 saturated carbocycles. The van der Waals surface area contributed by atoms with Gasteiger partial charge in [-0.15, -0.1) is 0 Å². The number of benzene rings is 3. The smallest absolute Gasteiger partial charge is 0.408 e. The van der Waals surface area contributed by atoms with Crippen molar-refractivity contribution in [3.05, 3.63) is 102 Å². The first kappa shape index (κ1) is 25.6. The first-order chi connectivity index (χ1) is 17.7. The van der Waals surface area contributed by atoms with Gasteiger partial charge in [0, 0.05) is 17.5 Å². The lowest BCUT2D eigenvalue weighted by Gasteiger charge is -2.24. The number of benzodiazepines with no additional fused rings is 1. The first-order valence-electron chi connectivity index (χ1n) is 12.1. The molecule has 0 spiro atoms. The van der Waals surface area contributed by atoms with Gasteiger partial charge in [-0.25, -0.2) is 9.79 Å². The molecule has 3 amide bonds. The van der Waals surface area contributed by atoms with E-state index in [1.165, 1.54) is 0 Å². The zero-order valence-corrected chi connectivity index (χ0v) is 21.0. The van der Waals surface area contributed by atoms with E-state index in [1.807, 2.05) is 78.9 Å². The van der Waals surface area contributed by atoms with Crippen LogP contribution in [0.15, 0.2) is 89.9 Å². The molecule has 1 aliphatic rings. The van der Waals surface area contributed by atoms with E-state index in [2.05, 4.69) is 20.9 Å². The van der Waals surface area contributed by atoms with Crippen molar-refractivity contribution in [2.75, 3.05) is 5.32 Å². The summed E-state index contributed by atoms with van der Waals surface area (Å²) in [4.78, 5) is 43.8. The molecule has 0 unspecified atom stereocenters. The Bertz CT molecular complexity index is 1300. The molecule has 4 rings (SSSR count). The molecule has 8 heteroatoms. The second-order valence-electron chi connectivity index (χ2n) is 9.68. The van der Waals surface area contributed by atoms with Crippen molar-refractivity contribution in [3.63, 3.8) is 0 Å². The highest BCUT2D eigenvalue weighted by molar-refractivity contribution is 6.19. The molecule has 0 saturated heterocycles. The molecular formula is C29H30N4O4. The van der Waals surface area contributed by atoms with Crippen LogP contribution in [0, 0.1) is 0 Å². The van der Waals surface area contributed by atoms with Crippen LogP contribution in [0.25, 0.3) is 0 Å². The number of ether oxygens (including phenoxy) is 1. The summed E-state index contributed by atoms with van der Waals surface area (Å²) in [5.74, 6) is -1.04. The van der Waals surface area contributed by atoms with Crippen LogP contribution in [0.2, 0.25) is 0 Å². The molecule has 2 atom stereocenters. The molecule has 37 heavy (non-hydrogen) atoms. The van der Waals surface area contributed by atoms with Crippen molar-refractivity contribution in [2.45, 2.75) is 45.0 Å². The lowest BCUT2D eigenvalue weighted by Crippen LogP contribution is -2.53. The third-order valence-corrected chi connectivity index (χ3v) is 5.56. The number of hydrogen-bond acceptors (Lipinski definition) is 5. The van der Waals surface area contributed by atoms with Crippen molar-refractivity contribution in [1.29, 1.82) is 0 Å². The summed E-state index contributed by atoms with van der Waals surface area (Å²) in [6, 6.07) is 25.1. The fraction of sp³-hybridized carbons (Fsp3) is 0.241. The quantitative estimate of drug-likeness (QED) is 0.476. The lowest BCUT2D eigenvalue weighted by molar-refractivity contribution is -0.127. The highest BCUT2D eigenvalue weighted by Gasteiger charge is 2.31. The number of fused-ring (bicyclic) bond motifs is 1. The summed E-state index contributed by atoms with van der Waals surface area (Å²) in [5, 5.41) is 8.23. The molecule has 190 valence electrons. The average Bonchev–Trinajstić information content (AvgIpc) is 3.00. The topological polar surface area (TPSA) is 109 Å². The molecule has 1 heterocycles. The molecule has 1 aliphatic heterocycles. The Morgan fingerprint density at radius 1 is 0.946 bits per heavy atom. The van der Waals surface area contributed by atoms with Gasteiger partial charge >= 0.3 is 6.09 Å². The van der Waals surface area contributed by atoms with Crippen LogP contribution < -0.4 is 16.0 Å². The van der Waals surface area contributed by atoms with E-state index in [9.17, 15) is 14.4 Å². The number of hydrogen-bond donors (Lipinski definition) is 3. The van der Waals surface area contributed by atoms with E-state index in [4.69, 9.17) is 4.74 Å². The number of carbonyl (C=O) groups is 3. The number of nitrogens with zero attached hydrogens (tertiary/aromatic N) is 1. The largest absolute Gasteiger partial charge is 0.444 e. The SMILES string of the molecule is CC(C)(C)OC(=O)N[C@@H](Cc1ccccc1)C(=O)N[C@H]1N=C(c2ccccc2)c2ccccc2NC1=O. The predicted octanol–water partition coefficient (Wildman–Crippen LogP) is 4.05. The summed E-state index contributed by atoms with van der Waals surface area (Å²) < 4.78 is 5.37. The van der Waals surface area contributed by atoms with Crippen LogP contribution in [0.5, 0.6) is 0 Å². The molecule has 0 bridgehead atoms. The van der Waals surface area contributed by atoms with Gasteiger partial charge in [-0.05, 0) is 32.4 Å². The Balaban J connectivity index is 1.63. The van der Waals surface area contributed by atoms with E-state index in [-0.39, 0.29) is 6.42 Å². The average molecular weight is 499 g/mol. The van der Waals surface area contributed by atoms with E-state index in [0.717, 1.165) is 16.7 Å². The van der Waals surface area contributed by atoms with Gasteiger partial charge in [0.25, 0.3) is 5.91 Å². The first-order valence-corrected chi connectivity index (χ1v) is 12.1. The third kappa shape index (κ3) is 6.82. The minimum absolute atomic E-state index is 0.204. The number of carbonyl (C=O) groups excluding carboxylic acids is 3. The van der Waals surface area contributed by atoms with Crippen LogP contribution in [0.3, 0.4) is 0 Å². The molecule has 3 aromatic carbocycles. The van der Waals surface area contributed by atoms with Crippen molar-refractivity contribution in [2.24, 2.45) is 4.99 Å². The van der Waals surface area contributed by atoms with Crippen molar-refractivity contribution >= 4 is 29.3 Å². The normalized spacial score (nSPS) is 15.8. The lowest BCUT2D eigenvalue weighted by atomic mass is 10.0. The number of aliphatic imine (C=N–C) groups is 1. The van der Waals surface area contributed by atoms with Crippen molar-refractivity contribution < 1.29 is 19.1 Å². The van der Waals surface area contributed by atoms with Gasteiger partial charge in [-0.3, -0.25) is 9.59 Å². The monoisotopic (exact) mass is 498 g/mol. The van der Waals surface area contributed by atoms with Gasteiger partial charge in [0.1, 0.15) is 11.6 Å². The molecule has 0 radical (unpaired) electrons. The van der Waals surface area contributed by atoms with Crippen LogP contribution in [-0.4, -0.2) is 41.4 Å². The zero-order valence-electron chi connectivity index (χ0n) is 21.0. The van der Waals surface area contributed by atoms with E-state index in [1.54, 1.807) is 26.8 Å². The molecule has 0 aromatic heterocycles. The van der Waals surface area contributed by atoms with Gasteiger partial charge < -0.3 is 20.7 Å². The van der Waals surface area contributed by atoms with Gasteiger partial charge in [-0.2, -0.15) is 0 Å². The minimum Gasteiger partial charge on any atom is -0.444 e. The van der Waals surface area contributed by atoms with E-state index >= 15 is 0 Å². The number of anilines is 1. The van der Waals surface area contributed by atoms with Crippen LogP contribution in [0.4, 0.5) is 10.5 Å². The molecule has 3 aromatic rings. The summed E-state index contributed by atoms with van der Waals surface area (Å²) in [6.45, 7) is 5.23. The van der Waals surface area contributed by atoms with Crippen LogP contribution >= 0.6 is 0 Å². The molecule has 3 N–H and O–H groups in total. The predicted molar refractivity (Wildman–Crippen MR) is 142 cm³/mol. The summed E-state index contributed by atoms with van der Waals surface area (Å²) >= 11 is 0. The third-order valence-electron chi connectivity index (χ3n) is 5.56. The van der Waals surface area contributed by atoms with Crippen LogP contribution in [0.1, 0.15) is 37.5 Å². The standard InChI is InChI=1S/C29H30N4O4/c1-29(2,3)37-28(36)31-23(18-19-12-6-4-7-13-19)26(34)33-25-27(35)30-22-17-11-10-16-21(22)24(32-25)20-14-8-5-9-15-20/h4-17,23,25H,18H2,1-3H3,(H,30,35)(H,31,36)(H,33,34)/t23-,25+/m0/s1. The fourth-order valence-corrected chi connectivity index (χ4v) is 3.93. The molecule has 0 aliphatic carbocycles. The van der Waals surface area contributed by atoms with Gasteiger partial charge in [0.15, 0.2) is 0 Å². The summed E-state index contributed by atoms with van der Waals surface area (Å²) in [7, 11) is 0. The molecular weight excluding hydrogens is 468 g/mol. The molecule has 0 fully saturated rings. The number of alkyl carbamates (subject to hydrolysis) is 1. The van der Waals surface area contributed by atoms with Crippen molar-refractivity contribution in [3.8, 4) is 0 Å². The van der Waals surface area contributed by atoms with Gasteiger partial charge in [0.2, 0.25) is 12.1 Å². The maximum atomic E-state index is 13.5. The highest BCUT2D eigenvalue weighted by Crippen LogP contribution is 2.23. The maximum Gasteiger partial charge on any atom is 0.408 e. The van der Waals surface area contributed by atoms with E-state index in [0.29, 0.717) is 11.4 Å². The second-order valence-corrected chi connectivity index (χ2v) is 9.68. The Morgan fingerprint density at radius 3 is 2.24 bits per heavy atom. The van der Waals surface area contributed by atoms with Gasteiger partial charge in [0.05, 0.1) is 11.4 Å².